The first-order valence-corrected chi connectivity index (χ1v) is 14.6. The minimum absolute atomic E-state index is 0.115. The first-order valence-electron chi connectivity index (χ1n) is 13.1. The second-order valence-electron chi connectivity index (χ2n) is 9.67. The van der Waals surface area contributed by atoms with Gasteiger partial charge in [0.15, 0.2) is 23.8 Å². The summed E-state index contributed by atoms with van der Waals surface area (Å²) < 4.78 is 39.2. The third kappa shape index (κ3) is 7.15. The number of aliphatic hydroxyl groups excluding tert-OH is 1. The fraction of sp³-hybridized carbons (Fsp3) is 0.321. The standard InChI is InChI=1S/C28H34N6O7S/c1-33(15-20(29)16-35)12-6-7-19-14-34(42(38,39)22-8-4-3-5-9-22)28-26(19)27(30-18-31-28)32-21-10-11-23(40-2)24(13-21)41-17-25(36)37/h3-5,8-11,13-14,18,20,35H,6-7,12,15-17,29H2,1-2H3,(H,36,37)(H,30,31,32). The topological polar surface area (TPSA) is 182 Å². The number of aryl methyl sites for hydroxylation is 1. The van der Waals surface area contributed by atoms with Crippen molar-refractivity contribution in [1.82, 2.24) is 18.8 Å². The molecule has 0 radical (unpaired) electrons. The summed E-state index contributed by atoms with van der Waals surface area (Å²) in [6.45, 7) is 0.501. The van der Waals surface area contributed by atoms with Gasteiger partial charge in [-0.05, 0) is 56.3 Å². The van der Waals surface area contributed by atoms with Gasteiger partial charge in [0.05, 0.1) is 24.0 Å². The molecule has 0 saturated carbocycles. The van der Waals surface area contributed by atoms with Gasteiger partial charge in [-0.3, -0.25) is 0 Å². The lowest BCUT2D eigenvalue weighted by Gasteiger charge is -2.19. The average Bonchev–Trinajstić information content (AvgIpc) is 3.37. The Balaban J connectivity index is 1.73. The van der Waals surface area contributed by atoms with Crippen molar-refractivity contribution >= 4 is 38.5 Å². The Morgan fingerprint density at radius 2 is 1.93 bits per heavy atom. The van der Waals surface area contributed by atoms with Crippen molar-refractivity contribution < 1.29 is 32.9 Å². The van der Waals surface area contributed by atoms with Crippen LogP contribution in [-0.4, -0.2) is 89.9 Å². The number of carboxylic acids is 1. The molecule has 4 rings (SSSR count). The Morgan fingerprint density at radius 1 is 1.17 bits per heavy atom. The summed E-state index contributed by atoms with van der Waals surface area (Å²) in [7, 11) is -0.624. The zero-order chi connectivity index (χ0) is 30.3. The minimum Gasteiger partial charge on any atom is -0.493 e. The SMILES string of the molecule is COc1ccc(Nc2ncnc3c2c(CCCN(C)CC(N)CO)cn3S(=O)(=O)c2ccccc2)cc1OCC(=O)O. The predicted octanol–water partition coefficient (Wildman–Crippen LogP) is 2.07. The third-order valence-electron chi connectivity index (χ3n) is 6.47. The van der Waals surface area contributed by atoms with Gasteiger partial charge in [0.2, 0.25) is 0 Å². The molecular formula is C28H34N6O7S. The quantitative estimate of drug-likeness (QED) is 0.157. The number of aromatic nitrogens is 3. The van der Waals surface area contributed by atoms with E-state index in [4.69, 9.17) is 20.3 Å². The minimum atomic E-state index is -3.97. The van der Waals surface area contributed by atoms with Crippen LogP contribution >= 0.6 is 0 Å². The number of likely N-dealkylation sites (N-methyl/N-ethyl adjacent to an activating group) is 1. The normalized spacial score (nSPS) is 12.4. The second-order valence-corrected chi connectivity index (χ2v) is 11.5. The van der Waals surface area contributed by atoms with Gasteiger partial charge in [0.1, 0.15) is 12.1 Å². The number of anilines is 2. The molecule has 0 aliphatic rings. The number of nitrogens with two attached hydrogens (primary N) is 1. The number of ether oxygens (including phenoxy) is 2. The molecule has 42 heavy (non-hydrogen) atoms. The summed E-state index contributed by atoms with van der Waals surface area (Å²) in [4.78, 5) is 21.9. The smallest absolute Gasteiger partial charge is 0.341 e. The molecule has 2 aromatic heterocycles. The van der Waals surface area contributed by atoms with E-state index in [0.29, 0.717) is 54.1 Å². The molecule has 5 N–H and O–H groups in total. The number of hydrogen-bond donors (Lipinski definition) is 4. The molecule has 13 nitrogen and oxygen atoms in total. The van der Waals surface area contributed by atoms with Gasteiger partial charge in [-0.25, -0.2) is 27.2 Å². The lowest BCUT2D eigenvalue weighted by atomic mass is 10.1. The van der Waals surface area contributed by atoms with Crippen molar-refractivity contribution in [3.63, 3.8) is 0 Å². The monoisotopic (exact) mass is 598 g/mol. The van der Waals surface area contributed by atoms with Gasteiger partial charge in [0, 0.05) is 30.5 Å². The van der Waals surface area contributed by atoms with Crippen LogP contribution in [0.5, 0.6) is 11.5 Å². The highest BCUT2D eigenvalue weighted by molar-refractivity contribution is 7.90. The van der Waals surface area contributed by atoms with Gasteiger partial charge in [-0.2, -0.15) is 0 Å². The van der Waals surface area contributed by atoms with Gasteiger partial charge in [-0.15, -0.1) is 0 Å². The van der Waals surface area contributed by atoms with E-state index in [1.54, 1.807) is 42.6 Å². The van der Waals surface area contributed by atoms with Gasteiger partial charge >= 0.3 is 5.97 Å². The Kier molecular flexibility index (Phi) is 9.96. The van der Waals surface area contributed by atoms with Crippen LogP contribution in [0.2, 0.25) is 0 Å². The van der Waals surface area contributed by atoms with Crippen LogP contribution in [0.4, 0.5) is 11.5 Å². The number of carbonyl (C=O) groups is 1. The lowest BCUT2D eigenvalue weighted by molar-refractivity contribution is -0.139. The van der Waals surface area contributed by atoms with E-state index in [-0.39, 0.29) is 28.9 Å². The third-order valence-corrected chi connectivity index (χ3v) is 8.14. The number of methoxy groups -OCH3 is 1. The second kappa shape index (κ2) is 13.6. The van der Waals surface area contributed by atoms with Gasteiger partial charge < -0.3 is 35.6 Å². The molecule has 0 aliphatic carbocycles. The molecule has 0 spiro atoms. The maximum atomic E-state index is 13.7. The van der Waals surface area contributed by atoms with Crippen LogP contribution in [0.25, 0.3) is 11.0 Å². The van der Waals surface area contributed by atoms with E-state index in [1.807, 2.05) is 11.9 Å². The van der Waals surface area contributed by atoms with Crippen LogP contribution in [0, 0.1) is 0 Å². The van der Waals surface area contributed by atoms with E-state index >= 15 is 0 Å². The molecule has 1 atom stereocenters. The number of hydrogen-bond acceptors (Lipinski definition) is 11. The van der Waals surface area contributed by atoms with Crippen LogP contribution in [0.15, 0.2) is 66.0 Å². The number of nitrogens with one attached hydrogen (secondary N) is 1. The average molecular weight is 599 g/mol. The molecule has 1 unspecified atom stereocenters. The fourth-order valence-corrected chi connectivity index (χ4v) is 5.87. The van der Waals surface area contributed by atoms with Crippen molar-refractivity contribution in [2.45, 2.75) is 23.8 Å². The highest BCUT2D eigenvalue weighted by Gasteiger charge is 2.24. The molecule has 0 fully saturated rings. The predicted molar refractivity (Wildman–Crippen MR) is 157 cm³/mol. The number of benzene rings is 2. The summed E-state index contributed by atoms with van der Waals surface area (Å²) in [6.07, 6.45) is 4.02. The molecule has 4 aromatic rings. The van der Waals surface area contributed by atoms with Gasteiger partial charge in [0.25, 0.3) is 10.0 Å². The van der Waals surface area contributed by atoms with Crippen LogP contribution in [-0.2, 0) is 21.2 Å². The van der Waals surface area contributed by atoms with Crippen molar-refractivity contribution in [2.24, 2.45) is 5.73 Å². The molecule has 224 valence electrons. The highest BCUT2D eigenvalue weighted by atomic mass is 32.2. The van der Waals surface area contributed by atoms with Crippen LogP contribution in [0.1, 0.15) is 12.0 Å². The van der Waals surface area contributed by atoms with E-state index in [9.17, 15) is 18.3 Å². The molecule has 0 aliphatic heterocycles. The van der Waals surface area contributed by atoms with Crippen molar-refractivity contribution in [3.8, 4) is 11.5 Å². The molecule has 2 heterocycles. The number of nitrogens with zero attached hydrogens (tertiary/aromatic N) is 4. The summed E-state index contributed by atoms with van der Waals surface area (Å²) in [5, 5.41) is 22.0. The van der Waals surface area contributed by atoms with Crippen molar-refractivity contribution in [2.75, 3.05) is 45.8 Å². The highest BCUT2D eigenvalue weighted by Crippen LogP contribution is 2.35. The van der Waals surface area contributed by atoms with E-state index in [2.05, 4.69) is 15.3 Å². The first kappa shape index (κ1) is 30.7. The summed E-state index contributed by atoms with van der Waals surface area (Å²) in [5.41, 5.74) is 7.29. The van der Waals surface area contributed by atoms with E-state index in [1.165, 1.54) is 29.5 Å². The lowest BCUT2D eigenvalue weighted by Crippen LogP contribution is -2.38. The number of carboxylic acid groups (broad SMARTS) is 1. The fourth-order valence-electron chi connectivity index (χ4n) is 4.51. The van der Waals surface area contributed by atoms with Crippen molar-refractivity contribution in [3.05, 3.63) is 66.6 Å². The molecule has 14 heteroatoms. The Morgan fingerprint density at radius 3 is 2.62 bits per heavy atom. The number of rotatable bonds is 15. The molecule has 2 aromatic carbocycles. The zero-order valence-corrected chi connectivity index (χ0v) is 24.1. The largest absolute Gasteiger partial charge is 0.493 e. The Bertz CT molecular complexity index is 1630. The van der Waals surface area contributed by atoms with Gasteiger partial charge in [-0.1, -0.05) is 18.2 Å². The Hall–Kier alpha value is -4.24. The van der Waals surface area contributed by atoms with Crippen LogP contribution in [0.3, 0.4) is 0 Å². The number of fused-ring (bicyclic) bond motifs is 1. The molecule has 0 amide bonds. The van der Waals surface area contributed by atoms with Crippen LogP contribution < -0.4 is 20.5 Å². The zero-order valence-electron chi connectivity index (χ0n) is 23.3. The maximum absolute atomic E-state index is 13.7. The maximum Gasteiger partial charge on any atom is 0.341 e. The summed E-state index contributed by atoms with van der Waals surface area (Å²) >= 11 is 0. The van der Waals surface area contributed by atoms with Crippen molar-refractivity contribution in [1.29, 1.82) is 0 Å². The molecular weight excluding hydrogens is 564 g/mol. The molecule has 0 bridgehead atoms. The van der Waals surface area contributed by atoms with E-state index < -0.39 is 22.6 Å². The first-order chi connectivity index (χ1) is 20.1. The number of aliphatic hydroxyl groups is 1. The Labute approximate surface area is 243 Å². The summed E-state index contributed by atoms with van der Waals surface area (Å²) in [6, 6.07) is 12.6. The molecule has 0 saturated heterocycles. The summed E-state index contributed by atoms with van der Waals surface area (Å²) in [5.74, 6) is -0.214. The number of aliphatic carboxylic acids is 1. The van der Waals surface area contributed by atoms with E-state index in [0.717, 1.165) is 0 Å².